The molecular formula is C13H18N2O3. The molecule has 0 radical (unpaired) electrons. The van der Waals surface area contributed by atoms with Gasteiger partial charge in [-0.15, -0.1) is 0 Å². The van der Waals surface area contributed by atoms with Crippen LogP contribution >= 0.6 is 0 Å². The lowest BCUT2D eigenvalue weighted by molar-refractivity contribution is -0.386. The Hall–Kier alpha value is -1.62. The Morgan fingerprint density at radius 3 is 2.89 bits per heavy atom. The number of nitrogens with two attached hydrogens (primary N) is 1. The summed E-state index contributed by atoms with van der Waals surface area (Å²) in [5.74, 6) is 0.360. The van der Waals surface area contributed by atoms with Gasteiger partial charge in [0.25, 0.3) is 0 Å². The minimum absolute atomic E-state index is 0.00532. The quantitative estimate of drug-likeness (QED) is 0.660. The molecule has 5 nitrogen and oxygen atoms in total. The van der Waals surface area contributed by atoms with Crippen LogP contribution in [0.2, 0.25) is 0 Å². The summed E-state index contributed by atoms with van der Waals surface area (Å²) in [5.41, 5.74) is 6.58. The highest BCUT2D eigenvalue weighted by Gasteiger charge is 2.25. The number of rotatable bonds is 3. The third-order valence-electron chi connectivity index (χ3n) is 3.34. The van der Waals surface area contributed by atoms with Gasteiger partial charge in [-0.1, -0.05) is 12.1 Å². The number of hydrogen-bond acceptors (Lipinski definition) is 4. The molecule has 2 atom stereocenters. The lowest BCUT2D eigenvalue weighted by Gasteiger charge is -2.27. The van der Waals surface area contributed by atoms with Gasteiger partial charge in [0.1, 0.15) is 6.10 Å². The fourth-order valence-corrected chi connectivity index (χ4v) is 2.43. The smallest absolute Gasteiger partial charge is 0.313 e. The highest BCUT2D eigenvalue weighted by molar-refractivity contribution is 5.52. The first-order chi connectivity index (χ1) is 8.58. The van der Waals surface area contributed by atoms with E-state index in [2.05, 4.69) is 0 Å². The SMILES string of the molecule is Cc1cccc(OC2CCCC(N)C2)c1[N+](=O)[O-]. The Bertz CT molecular complexity index is 448. The highest BCUT2D eigenvalue weighted by Crippen LogP contribution is 2.33. The number of nitro groups is 1. The van der Waals surface area contributed by atoms with E-state index in [1.165, 1.54) is 0 Å². The second kappa shape index (κ2) is 5.35. The van der Waals surface area contributed by atoms with Crippen LogP contribution in [0.5, 0.6) is 5.75 Å². The highest BCUT2D eigenvalue weighted by atomic mass is 16.6. The molecule has 1 aromatic rings. The Kier molecular flexibility index (Phi) is 3.81. The van der Waals surface area contributed by atoms with Gasteiger partial charge >= 0.3 is 5.69 Å². The molecule has 0 bridgehead atoms. The lowest BCUT2D eigenvalue weighted by Crippen LogP contribution is -2.33. The maximum absolute atomic E-state index is 11.0. The van der Waals surface area contributed by atoms with Gasteiger partial charge in [-0.3, -0.25) is 10.1 Å². The molecule has 1 fully saturated rings. The monoisotopic (exact) mass is 250 g/mol. The van der Waals surface area contributed by atoms with Gasteiger partial charge in [-0.05, 0) is 38.7 Å². The molecule has 1 saturated carbocycles. The number of nitrogens with zero attached hydrogens (tertiary/aromatic N) is 1. The van der Waals surface area contributed by atoms with Crippen molar-refractivity contribution in [1.29, 1.82) is 0 Å². The Balaban J connectivity index is 2.18. The molecule has 2 N–H and O–H groups in total. The van der Waals surface area contributed by atoms with Gasteiger partial charge in [0.05, 0.1) is 4.92 Å². The fourth-order valence-electron chi connectivity index (χ4n) is 2.43. The van der Waals surface area contributed by atoms with E-state index >= 15 is 0 Å². The molecule has 0 amide bonds. The summed E-state index contributed by atoms with van der Waals surface area (Å²) in [7, 11) is 0. The van der Waals surface area contributed by atoms with E-state index in [0.29, 0.717) is 11.3 Å². The molecule has 0 aromatic heterocycles. The maximum Gasteiger partial charge on any atom is 0.313 e. The van der Waals surface area contributed by atoms with Crippen molar-refractivity contribution < 1.29 is 9.66 Å². The molecule has 5 heteroatoms. The molecule has 1 aliphatic carbocycles. The van der Waals surface area contributed by atoms with Crippen LogP contribution in [-0.2, 0) is 0 Å². The second-order valence-electron chi connectivity index (χ2n) is 4.85. The van der Waals surface area contributed by atoms with Crippen molar-refractivity contribution in [2.24, 2.45) is 5.73 Å². The summed E-state index contributed by atoms with van der Waals surface area (Å²) in [5, 5.41) is 11.0. The van der Waals surface area contributed by atoms with Gasteiger partial charge in [0, 0.05) is 11.6 Å². The van der Waals surface area contributed by atoms with Crippen LogP contribution in [0.25, 0.3) is 0 Å². The topological polar surface area (TPSA) is 78.4 Å². The van der Waals surface area contributed by atoms with Gasteiger partial charge in [-0.2, -0.15) is 0 Å². The average Bonchev–Trinajstić information content (AvgIpc) is 2.28. The normalized spacial score (nSPS) is 23.7. The number of aryl methyl sites for hydroxylation is 1. The Labute approximate surface area is 106 Å². The van der Waals surface area contributed by atoms with Crippen molar-refractivity contribution in [3.63, 3.8) is 0 Å². The zero-order chi connectivity index (χ0) is 13.1. The molecule has 2 unspecified atom stereocenters. The average molecular weight is 250 g/mol. The van der Waals surface area contributed by atoms with E-state index in [0.717, 1.165) is 25.7 Å². The summed E-state index contributed by atoms with van der Waals surface area (Å²) in [6, 6.07) is 5.30. The van der Waals surface area contributed by atoms with Crippen LogP contribution in [0.15, 0.2) is 18.2 Å². The molecule has 1 aliphatic rings. The summed E-state index contributed by atoms with van der Waals surface area (Å²) in [6.07, 6.45) is 3.71. The number of hydrogen-bond donors (Lipinski definition) is 1. The maximum atomic E-state index is 11.0. The van der Waals surface area contributed by atoms with Crippen molar-refractivity contribution in [3.8, 4) is 5.75 Å². The molecule has 1 aromatic carbocycles. The molecule has 18 heavy (non-hydrogen) atoms. The summed E-state index contributed by atoms with van der Waals surface area (Å²) < 4.78 is 5.78. The first kappa shape index (κ1) is 12.8. The molecule has 98 valence electrons. The second-order valence-corrected chi connectivity index (χ2v) is 4.85. The van der Waals surface area contributed by atoms with Crippen LogP contribution in [-0.4, -0.2) is 17.1 Å². The van der Waals surface area contributed by atoms with Crippen LogP contribution in [0.1, 0.15) is 31.2 Å². The molecular weight excluding hydrogens is 232 g/mol. The van der Waals surface area contributed by atoms with Gasteiger partial charge in [-0.25, -0.2) is 0 Å². The fraction of sp³-hybridized carbons (Fsp3) is 0.538. The van der Waals surface area contributed by atoms with Crippen LogP contribution in [0.4, 0.5) is 5.69 Å². The van der Waals surface area contributed by atoms with Crippen LogP contribution in [0.3, 0.4) is 0 Å². The van der Waals surface area contributed by atoms with E-state index in [1.807, 2.05) is 0 Å². The predicted octanol–water partition coefficient (Wildman–Crippen LogP) is 2.55. The predicted molar refractivity (Wildman–Crippen MR) is 68.7 cm³/mol. The van der Waals surface area contributed by atoms with Gasteiger partial charge < -0.3 is 10.5 Å². The van der Waals surface area contributed by atoms with Gasteiger partial charge in [0.2, 0.25) is 0 Å². The van der Waals surface area contributed by atoms with E-state index in [-0.39, 0.29) is 22.8 Å². The minimum Gasteiger partial charge on any atom is -0.483 e. The zero-order valence-corrected chi connectivity index (χ0v) is 10.5. The standard InChI is InChI=1S/C13H18N2O3/c1-9-4-2-7-12(13(9)15(16)17)18-11-6-3-5-10(14)8-11/h2,4,7,10-11H,3,5-6,8,14H2,1H3. The van der Waals surface area contributed by atoms with E-state index in [9.17, 15) is 10.1 Å². The minimum atomic E-state index is -0.382. The van der Waals surface area contributed by atoms with E-state index in [4.69, 9.17) is 10.5 Å². The lowest BCUT2D eigenvalue weighted by atomic mass is 9.93. The third-order valence-corrected chi connectivity index (χ3v) is 3.34. The number of ether oxygens (including phenoxy) is 1. The molecule has 0 aliphatic heterocycles. The summed E-state index contributed by atoms with van der Waals surface area (Å²) in [4.78, 5) is 10.7. The molecule has 0 saturated heterocycles. The van der Waals surface area contributed by atoms with Crippen molar-refractivity contribution >= 4 is 5.69 Å². The summed E-state index contributed by atoms with van der Waals surface area (Å²) >= 11 is 0. The summed E-state index contributed by atoms with van der Waals surface area (Å²) in [6.45, 7) is 1.72. The number of nitro benzene ring substituents is 1. The van der Waals surface area contributed by atoms with Crippen molar-refractivity contribution in [2.45, 2.75) is 44.8 Å². The van der Waals surface area contributed by atoms with Crippen molar-refractivity contribution in [3.05, 3.63) is 33.9 Å². The first-order valence-electron chi connectivity index (χ1n) is 6.24. The Morgan fingerprint density at radius 1 is 1.44 bits per heavy atom. The van der Waals surface area contributed by atoms with E-state index in [1.54, 1.807) is 25.1 Å². The number of benzene rings is 1. The molecule has 0 spiro atoms. The number of para-hydroxylation sites is 1. The first-order valence-corrected chi connectivity index (χ1v) is 6.24. The Morgan fingerprint density at radius 2 is 2.22 bits per heavy atom. The van der Waals surface area contributed by atoms with Crippen LogP contribution in [0, 0.1) is 17.0 Å². The molecule has 2 rings (SSSR count). The third kappa shape index (κ3) is 2.79. The zero-order valence-electron chi connectivity index (χ0n) is 10.5. The largest absolute Gasteiger partial charge is 0.483 e. The van der Waals surface area contributed by atoms with Gasteiger partial charge in [0.15, 0.2) is 5.75 Å². The van der Waals surface area contributed by atoms with Crippen LogP contribution < -0.4 is 10.5 Å². The van der Waals surface area contributed by atoms with Crippen molar-refractivity contribution in [1.82, 2.24) is 0 Å². The van der Waals surface area contributed by atoms with E-state index < -0.39 is 0 Å². The van der Waals surface area contributed by atoms with Crippen molar-refractivity contribution in [2.75, 3.05) is 0 Å². The molecule has 0 heterocycles.